The molecule has 0 bridgehead atoms. The SMILES string of the molecule is Cc1cc(C(C)(C)CCN)ccc1Br. The minimum Gasteiger partial charge on any atom is -0.330 e. The summed E-state index contributed by atoms with van der Waals surface area (Å²) in [5, 5.41) is 0. The van der Waals surface area contributed by atoms with E-state index in [1.54, 1.807) is 0 Å². The second-order valence-electron chi connectivity index (χ2n) is 4.39. The van der Waals surface area contributed by atoms with Gasteiger partial charge in [0.2, 0.25) is 0 Å². The largest absolute Gasteiger partial charge is 0.330 e. The summed E-state index contributed by atoms with van der Waals surface area (Å²) >= 11 is 3.51. The van der Waals surface area contributed by atoms with E-state index in [4.69, 9.17) is 5.73 Å². The van der Waals surface area contributed by atoms with E-state index in [1.807, 2.05) is 0 Å². The smallest absolute Gasteiger partial charge is 0.0204 e. The summed E-state index contributed by atoms with van der Waals surface area (Å²) < 4.78 is 1.17. The monoisotopic (exact) mass is 255 g/mol. The minimum atomic E-state index is 0.181. The van der Waals surface area contributed by atoms with Gasteiger partial charge in [0, 0.05) is 4.47 Å². The highest BCUT2D eigenvalue weighted by atomic mass is 79.9. The molecule has 2 heteroatoms. The predicted octanol–water partition coefficient (Wildman–Crippen LogP) is 3.38. The van der Waals surface area contributed by atoms with E-state index in [9.17, 15) is 0 Å². The van der Waals surface area contributed by atoms with Gasteiger partial charge in [0.25, 0.3) is 0 Å². The lowest BCUT2D eigenvalue weighted by Crippen LogP contribution is -2.21. The maximum absolute atomic E-state index is 5.61. The van der Waals surface area contributed by atoms with Crippen LogP contribution in [0.5, 0.6) is 0 Å². The summed E-state index contributed by atoms with van der Waals surface area (Å²) in [7, 11) is 0. The number of halogens is 1. The van der Waals surface area contributed by atoms with Gasteiger partial charge in [-0.25, -0.2) is 0 Å². The van der Waals surface area contributed by atoms with Crippen molar-refractivity contribution in [2.24, 2.45) is 5.73 Å². The fourth-order valence-corrected chi connectivity index (χ4v) is 1.82. The molecule has 0 atom stereocenters. The Labute approximate surface area is 94.8 Å². The Morgan fingerprint density at radius 3 is 2.50 bits per heavy atom. The molecule has 2 N–H and O–H groups in total. The summed E-state index contributed by atoms with van der Waals surface area (Å²) in [6, 6.07) is 6.52. The third-order valence-corrected chi connectivity index (χ3v) is 3.60. The van der Waals surface area contributed by atoms with Gasteiger partial charge in [0.05, 0.1) is 0 Å². The summed E-state index contributed by atoms with van der Waals surface area (Å²) in [4.78, 5) is 0. The molecule has 14 heavy (non-hydrogen) atoms. The van der Waals surface area contributed by atoms with Crippen LogP contribution in [-0.4, -0.2) is 6.54 Å². The number of hydrogen-bond donors (Lipinski definition) is 1. The zero-order chi connectivity index (χ0) is 10.8. The van der Waals surface area contributed by atoms with Gasteiger partial charge >= 0.3 is 0 Å². The molecule has 0 aromatic heterocycles. The summed E-state index contributed by atoms with van der Waals surface area (Å²) in [6.45, 7) is 7.33. The molecule has 0 aliphatic carbocycles. The Hall–Kier alpha value is -0.340. The molecule has 78 valence electrons. The highest BCUT2D eigenvalue weighted by Gasteiger charge is 2.19. The quantitative estimate of drug-likeness (QED) is 0.881. The zero-order valence-electron chi connectivity index (χ0n) is 9.10. The fraction of sp³-hybridized carbons (Fsp3) is 0.500. The maximum Gasteiger partial charge on any atom is 0.0204 e. The molecule has 1 aromatic carbocycles. The lowest BCUT2D eigenvalue weighted by Gasteiger charge is -2.25. The topological polar surface area (TPSA) is 26.0 Å². The summed E-state index contributed by atoms with van der Waals surface area (Å²) in [5.41, 5.74) is 8.44. The molecule has 0 spiro atoms. The Kier molecular flexibility index (Phi) is 3.73. The molecule has 0 fully saturated rings. The van der Waals surface area contributed by atoms with Crippen LogP contribution in [0.15, 0.2) is 22.7 Å². The molecule has 0 unspecified atom stereocenters. The highest BCUT2D eigenvalue weighted by molar-refractivity contribution is 9.10. The molecule has 0 aliphatic rings. The van der Waals surface area contributed by atoms with Crippen LogP contribution in [0.4, 0.5) is 0 Å². The van der Waals surface area contributed by atoms with Crippen LogP contribution in [0.2, 0.25) is 0 Å². The number of aryl methyl sites for hydroxylation is 1. The maximum atomic E-state index is 5.61. The van der Waals surface area contributed by atoms with Crippen molar-refractivity contribution in [2.75, 3.05) is 6.54 Å². The third-order valence-electron chi connectivity index (χ3n) is 2.71. The molecule has 0 saturated heterocycles. The molecular weight excluding hydrogens is 238 g/mol. The van der Waals surface area contributed by atoms with Gasteiger partial charge in [0.15, 0.2) is 0 Å². The Bertz CT molecular complexity index is 318. The van der Waals surface area contributed by atoms with Crippen LogP contribution < -0.4 is 5.73 Å². The van der Waals surface area contributed by atoms with E-state index in [2.05, 4.69) is 54.9 Å². The number of rotatable bonds is 3. The first kappa shape index (κ1) is 11.7. The first-order chi connectivity index (χ1) is 6.47. The Morgan fingerprint density at radius 2 is 2.00 bits per heavy atom. The standard InChI is InChI=1S/C12H18BrN/c1-9-8-10(4-5-11(9)13)12(2,3)6-7-14/h4-5,8H,6-7,14H2,1-3H3. The number of hydrogen-bond acceptors (Lipinski definition) is 1. The fourth-order valence-electron chi connectivity index (χ4n) is 1.57. The summed E-state index contributed by atoms with van der Waals surface area (Å²) in [5.74, 6) is 0. The van der Waals surface area contributed by atoms with Gasteiger partial charge in [-0.05, 0) is 42.5 Å². The van der Waals surface area contributed by atoms with Crippen LogP contribution >= 0.6 is 15.9 Å². The van der Waals surface area contributed by atoms with Crippen LogP contribution in [-0.2, 0) is 5.41 Å². The molecular formula is C12H18BrN. The van der Waals surface area contributed by atoms with Gasteiger partial charge < -0.3 is 5.73 Å². The molecule has 1 nitrogen and oxygen atoms in total. The van der Waals surface area contributed by atoms with Crippen molar-refractivity contribution in [1.82, 2.24) is 0 Å². The van der Waals surface area contributed by atoms with Crippen molar-refractivity contribution in [3.8, 4) is 0 Å². The number of benzene rings is 1. The van der Waals surface area contributed by atoms with E-state index < -0.39 is 0 Å². The van der Waals surface area contributed by atoms with Gasteiger partial charge in [-0.15, -0.1) is 0 Å². The van der Waals surface area contributed by atoms with Crippen LogP contribution in [0.25, 0.3) is 0 Å². The van der Waals surface area contributed by atoms with Crippen LogP contribution in [0.3, 0.4) is 0 Å². The Balaban J connectivity index is 3.01. The molecule has 1 rings (SSSR count). The first-order valence-electron chi connectivity index (χ1n) is 4.94. The van der Waals surface area contributed by atoms with E-state index in [0.717, 1.165) is 13.0 Å². The molecule has 0 radical (unpaired) electrons. The first-order valence-corrected chi connectivity index (χ1v) is 5.73. The van der Waals surface area contributed by atoms with E-state index in [0.29, 0.717) is 0 Å². The second-order valence-corrected chi connectivity index (χ2v) is 5.24. The predicted molar refractivity (Wildman–Crippen MR) is 65.6 cm³/mol. The highest BCUT2D eigenvalue weighted by Crippen LogP contribution is 2.29. The van der Waals surface area contributed by atoms with Crippen molar-refractivity contribution in [2.45, 2.75) is 32.6 Å². The van der Waals surface area contributed by atoms with Crippen molar-refractivity contribution in [3.05, 3.63) is 33.8 Å². The lowest BCUT2D eigenvalue weighted by molar-refractivity contribution is 0.487. The third kappa shape index (κ3) is 2.58. The van der Waals surface area contributed by atoms with Gasteiger partial charge in [-0.2, -0.15) is 0 Å². The van der Waals surface area contributed by atoms with Crippen LogP contribution in [0.1, 0.15) is 31.4 Å². The average Bonchev–Trinajstić information content (AvgIpc) is 2.09. The normalized spacial score (nSPS) is 11.8. The molecule has 0 aliphatic heterocycles. The van der Waals surface area contributed by atoms with Gasteiger partial charge in [-0.3, -0.25) is 0 Å². The van der Waals surface area contributed by atoms with Gasteiger partial charge in [-0.1, -0.05) is 41.9 Å². The summed E-state index contributed by atoms with van der Waals surface area (Å²) in [6.07, 6.45) is 1.02. The van der Waals surface area contributed by atoms with Crippen molar-refractivity contribution in [3.63, 3.8) is 0 Å². The van der Waals surface area contributed by atoms with E-state index in [-0.39, 0.29) is 5.41 Å². The van der Waals surface area contributed by atoms with Crippen molar-refractivity contribution >= 4 is 15.9 Å². The van der Waals surface area contributed by atoms with E-state index in [1.165, 1.54) is 15.6 Å². The minimum absolute atomic E-state index is 0.181. The molecule has 0 saturated carbocycles. The van der Waals surface area contributed by atoms with Crippen molar-refractivity contribution in [1.29, 1.82) is 0 Å². The van der Waals surface area contributed by atoms with E-state index >= 15 is 0 Å². The van der Waals surface area contributed by atoms with Crippen LogP contribution in [0, 0.1) is 6.92 Å². The molecule has 0 amide bonds. The average molecular weight is 256 g/mol. The Morgan fingerprint density at radius 1 is 1.36 bits per heavy atom. The molecule has 1 aromatic rings. The molecule has 0 heterocycles. The zero-order valence-corrected chi connectivity index (χ0v) is 10.7. The second kappa shape index (κ2) is 4.45. The van der Waals surface area contributed by atoms with Gasteiger partial charge in [0.1, 0.15) is 0 Å². The van der Waals surface area contributed by atoms with Crippen molar-refractivity contribution < 1.29 is 0 Å². The number of nitrogens with two attached hydrogens (primary N) is 1. The lowest BCUT2D eigenvalue weighted by atomic mass is 9.81.